The van der Waals surface area contributed by atoms with Gasteiger partial charge in [-0.25, -0.2) is 0 Å². The van der Waals surface area contributed by atoms with E-state index < -0.39 is 11.1 Å². The van der Waals surface area contributed by atoms with Crippen LogP contribution in [0.1, 0.15) is 34.3 Å². The molecule has 0 saturated carbocycles. The van der Waals surface area contributed by atoms with Crippen LogP contribution >= 0.6 is 0 Å². The van der Waals surface area contributed by atoms with Crippen molar-refractivity contribution in [3.8, 4) is 0 Å². The maximum Gasteiger partial charge on any atom is 0.167 e. The molecule has 3 rings (SSSR count). The molecule has 1 aromatic rings. The zero-order chi connectivity index (χ0) is 15.5. The minimum absolute atomic E-state index is 0.0772. The van der Waals surface area contributed by atoms with Gasteiger partial charge < -0.3 is 9.87 Å². The van der Waals surface area contributed by atoms with Crippen LogP contribution in [0.5, 0.6) is 0 Å². The minimum atomic E-state index is -2.04. The highest BCUT2D eigenvalue weighted by atomic mass is 32.2. The number of carbonyl (C=O) groups is 1. The number of Topliss-reactive ketones (excluding diaryl/α,β-unsaturated/α-hetero) is 1. The Labute approximate surface area is 133 Å². The molecule has 1 aromatic carbocycles. The topological polar surface area (TPSA) is 72.5 Å². The molecule has 1 saturated heterocycles. The molecule has 0 spiro atoms. The fourth-order valence-corrected chi connectivity index (χ4v) is 3.85. The van der Waals surface area contributed by atoms with E-state index in [4.69, 9.17) is 0 Å². The Bertz CT molecular complexity index is 585. The Morgan fingerprint density at radius 3 is 3.00 bits per heavy atom. The standard InChI is InChI=1S/C16H22N2O3S/c19-16(14-2-1-6-17-9-14)13-3-4-15-10-18(11-22(20)21)7-5-12(15)8-13/h3-4,8,14,17H,1-2,5-7,9-11H2,(H,20,21)/p-1. The van der Waals surface area contributed by atoms with Gasteiger partial charge in [-0.3, -0.25) is 13.9 Å². The van der Waals surface area contributed by atoms with Crippen molar-refractivity contribution in [3.05, 3.63) is 34.9 Å². The molecular formula is C16H21N2O3S-. The zero-order valence-electron chi connectivity index (χ0n) is 12.5. The van der Waals surface area contributed by atoms with E-state index >= 15 is 0 Å². The van der Waals surface area contributed by atoms with Crippen LogP contribution in [-0.2, 0) is 24.0 Å². The summed E-state index contributed by atoms with van der Waals surface area (Å²) >= 11 is -2.04. The molecule has 120 valence electrons. The van der Waals surface area contributed by atoms with Crippen LogP contribution in [-0.4, -0.2) is 45.0 Å². The monoisotopic (exact) mass is 321 g/mol. The second-order valence-corrected chi connectivity index (χ2v) is 6.99. The van der Waals surface area contributed by atoms with Crippen LogP contribution in [0.4, 0.5) is 0 Å². The van der Waals surface area contributed by atoms with E-state index in [9.17, 15) is 13.6 Å². The number of hydrogen-bond acceptors (Lipinski definition) is 5. The first kappa shape index (κ1) is 15.8. The van der Waals surface area contributed by atoms with E-state index in [0.717, 1.165) is 50.0 Å². The number of carbonyl (C=O) groups excluding carboxylic acids is 1. The second-order valence-electron chi connectivity index (χ2n) is 6.13. The number of hydrogen-bond donors (Lipinski definition) is 1. The van der Waals surface area contributed by atoms with Crippen molar-refractivity contribution >= 4 is 16.9 Å². The van der Waals surface area contributed by atoms with Crippen LogP contribution in [0.2, 0.25) is 0 Å². The van der Waals surface area contributed by atoms with Gasteiger partial charge in [-0.2, -0.15) is 0 Å². The summed E-state index contributed by atoms with van der Waals surface area (Å²) in [4.78, 5) is 14.5. The van der Waals surface area contributed by atoms with Crippen molar-refractivity contribution in [2.24, 2.45) is 5.92 Å². The third-order valence-electron chi connectivity index (χ3n) is 4.54. The van der Waals surface area contributed by atoms with E-state index in [-0.39, 0.29) is 17.6 Å². The highest BCUT2D eigenvalue weighted by Crippen LogP contribution is 2.23. The van der Waals surface area contributed by atoms with Gasteiger partial charge in [0.15, 0.2) is 5.78 Å². The molecule has 5 nitrogen and oxygen atoms in total. The number of piperidine rings is 1. The van der Waals surface area contributed by atoms with Gasteiger partial charge in [-0.15, -0.1) is 0 Å². The van der Waals surface area contributed by atoms with Crippen molar-refractivity contribution in [2.75, 3.05) is 25.5 Å². The van der Waals surface area contributed by atoms with E-state index in [1.807, 2.05) is 23.1 Å². The summed E-state index contributed by atoms with van der Waals surface area (Å²) in [5, 5.41) is 3.29. The van der Waals surface area contributed by atoms with Gasteiger partial charge in [-0.05, 0) is 54.1 Å². The molecule has 2 aliphatic rings. The average Bonchev–Trinajstić information content (AvgIpc) is 2.54. The molecule has 0 amide bonds. The van der Waals surface area contributed by atoms with Gasteiger partial charge in [0.1, 0.15) is 0 Å². The van der Waals surface area contributed by atoms with Crippen molar-refractivity contribution in [1.82, 2.24) is 10.2 Å². The molecule has 22 heavy (non-hydrogen) atoms. The van der Waals surface area contributed by atoms with E-state index in [1.54, 1.807) is 0 Å². The zero-order valence-corrected chi connectivity index (χ0v) is 13.4. The van der Waals surface area contributed by atoms with Gasteiger partial charge in [0.25, 0.3) is 0 Å². The fourth-order valence-electron chi connectivity index (χ4n) is 3.34. The molecule has 2 atom stereocenters. The highest BCUT2D eigenvalue weighted by Gasteiger charge is 2.24. The number of rotatable bonds is 4. The molecule has 2 aliphatic heterocycles. The van der Waals surface area contributed by atoms with Crippen molar-refractivity contribution < 1.29 is 13.6 Å². The molecular weight excluding hydrogens is 300 g/mol. The third kappa shape index (κ3) is 3.63. The lowest BCUT2D eigenvalue weighted by molar-refractivity contribution is 0.0899. The molecule has 2 heterocycles. The number of nitrogens with zero attached hydrogens (tertiary/aromatic N) is 1. The summed E-state index contributed by atoms with van der Waals surface area (Å²) < 4.78 is 21.6. The number of nitrogens with one attached hydrogen (secondary N) is 1. The molecule has 0 aliphatic carbocycles. The minimum Gasteiger partial charge on any atom is -0.771 e. The summed E-state index contributed by atoms with van der Waals surface area (Å²) in [6.45, 7) is 3.15. The predicted octanol–water partition coefficient (Wildman–Crippen LogP) is 1.06. The third-order valence-corrected chi connectivity index (χ3v) is 5.11. The van der Waals surface area contributed by atoms with E-state index in [1.165, 1.54) is 5.56 Å². The number of ketones is 1. The molecule has 0 radical (unpaired) electrons. The van der Waals surface area contributed by atoms with E-state index in [2.05, 4.69) is 5.32 Å². The highest BCUT2D eigenvalue weighted by molar-refractivity contribution is 7.79. The maximum atomic E-state index is 12.6. The van der Waals surface area contributed by atoms with Gasteiger partial charge in [0.05, 0.1) is 5.88 Å². The normalized spacial score (nSPS) is 23.8. The van der Waals surface area contributed by atoms with Crippen LogP contribution in [0.3, 0.4) is 0 Å². The van der Waals surface area contributed by atoms with Crippen molar-refractivity contribution in [3.63, 3.8) is 0 Å². The van der Waals surface area contributed by atoms with Gasteiger partial charge in [0.2, 0.25) is 0 Å². The Morgan fingerprint density at radius 2 is 2.27 bits per heavy atom. The number of fused-ring (bicyclic) bond motifs is 1. The molecule has 1 N–H and O–H groups in total. The summed E-state index contributed by atoms with van der Waals surface area (Å²) in [6.07, 6.45) is 2.82. The number of benzene rings is 1. The Hall–Kier alpha value is -1.08. The Balaban J connectivity index is 1.72. The largest absolute Gasteiger partial charge is 0.771 e. The van der Waals surface area contributed by atoms with Gasteiger partial charge >= 0.3 is 0 Å². The van der Waals surface area contributed by atoms with Crippen LogP contribution < -0.4 is 5.32 Å². The van der Waals surface area contributed by atoms with Crippen LogP contribution in [0.15, 0.2) is 18.2 Å². The summed E-state index contributed by atoms with van der Waals surface area (Å²) in [5.41, 5.74) is 3.12. The molecule has 1 fully saturated rings. The molecule has 0 bridgehead atoms. The lowest BCUT2D eigenvalue weighted by Crippen LogP contribution is -2.35. The average molecular weight is 321 g/mol. The summed E-state index contributed by atoms with van der Waals surface area (Å²) in [6, 6.07) is 5.89. The first-order chi connectivity index (χ1) is 10.6. The Morgan fingerprint density at radius 1 is 1.41 bits per heavy atom. The van der Waals surface area contributed by atoms with Crippen LogP contribution in [0.25, 0.3) is 0 Å². The summed E-state index contributed by atoms with van der Waals surface area (Å²) in [5.74, 6) is 0.404. The molecule has 0 aromatic heterocycles. The van der Waals surface area contributed by atoms with Gasteiger partial charge in [-0.1, -0.05) is 12.1 Å². The second kappa shape index (κ2) is 7.00. The quantitative estimate of drug-likeness (QED) is 0.663. The molecule has 6 heteroatoms. The van der Waals surface area contributed by atoms with E-state index in [0.29, 0.717) is 6.54 Å². The first-order valence-corrected chi connectivity index (χ1v) is 9.03. The lowest BCUT2D eigenvalue weighted by atomic mass is 9.88. The fraction of sp³-hybridized carbons (Fsp3) is 0.562. The smallest absolute Gasteiger partial charge is 0.167 e. The predicted molar refractivity (Wildman–Crippen MR) is 84.3 cm³/mol. The molecule has 2 unspecified atom stereocenters. The van der Waals surface area contributed by atoms with Crippen molar-refractivity contribution in [2.45, 2.75) is 25.8 Å². The lowest BCUT2D eigenvalue weighted by Gasteiger charge is -2.29. The first-order valence-electron chi connectivity index (χ1n) is 7.78. The Kier molecular flexibility index (Phi) is 5.03. The van der Waals surface area contributed by atoms with Crippen molar-refractivity contribution in [1.29, 1.82) is 0 Å². The SMILES string of the molecule is O=C(c1ccc2c(c1)CCN(CS(=O)[O-])C2)C1CCCNC1. The van der Waals surface area contributed by atoms with Crippen LogP contribution in [0, 0.1) is 5.92 Å². The summed E-state index contributed by atoms with van der Waals surface area (Å²) in [7, 11) is 0. The van der Waals surface area contributed by atoms with Gasteiger partial charge in [0, 0.05) is 31.1 Å². The maximum absolute atomic E-state index is 12.6.